The third-order valence-corrected chi connectivity index (χ3v) is 7.02. The molecule has 0 aliphatic carbocycles. The predicted molar refractivity (Wildman–Crippen MR) is 132 cm³/mol. The molecule has 3 N–H and O–H groups in total. The van der Waals surface area contributed by atoms with Crippen molar-refractivity contribution in [1.29, 1.82) is 0 Å². The first-order chi connectivity index (χ1) is 18.3. The van der Waals surface area contributed by atoms with Crippen molar-refractivity contribution in [2.45, 2.75) is 9.79 Å². The molecule has 2 heterocycles. The van der Waals surface area contributed by atoms with E-state index < -0.39 is 53.3 Å². The van der Waals surface area contributed by atoms with E-state index in [4.69, 9.17) is 0 Å². The fourth-order valence-electron chi connectivity index (χ4n) is 3.42. The van der Waals surface area contributed by atoms with Crippen LogP contribution in [0.1, 0.15) is 5.56 Å². The number of amides is 2. The summed E-state index contributed by atoms with van der Waals surface area (Å²) in [5.41, 5.74) is 1.51. The number of hydrazine groups is 1. The number of carbonyl (C=O) groups excluding carboxylic acids is 2. The molecule has 14 nitrogen and oxygen atoms in total. The third-order valence-electron chi connectivity index (χ3n) is 5.32. The minimum atomic E-state index is -4.68. The fourth-order valence-corrected chi connectivity index (χ4v) is 4.36. The van der Waals surface area contributed by atoms with Gasteiger partial charge in [0.2, 0.25) is 5.88 Å². The second-order valence-corrected chi connectivity index (χ2v) is 10.6. The first-order valence-electron chi connectivity index (χ1n) is 10.6. The summed E-state index contributed by atoms with van der Waals surface area (Å²) in [6, 6.07) is 8.84. The molecule has 4 rings (SSSR count). The number of aromatic nitrogens is 2. The Bertz CT molecular complexity index is 1840. The molecule has 0 spiro atoms. The number of rotatable bonds is 7. The van der Waals surface area contributed by atoms with Gasteiger partial charge >= 0.3 is 103 Å². The summed E-state index contributed by atoms with van der Waals surface area (Å²) >= 11 is 0. The molecule has 1 fully saturated rings. The zero-order valence-corrected chi connectivity index (χ0v) is 29.2. The normalized spacial score (nSPS) is 14.9. The van der Waals surface area contributed by atoms with Crippen LogP contribution in [-0.4, -0.2) is 52.6 Å². The van der Waals surface area contributed by atoms with Crippen LogP contribution in [-0.2, 0) is 29.8 Å². The van der Waals surface area contributed by atoms with Gasteiger partial charge in [0.15, 0.2) is 0 Å². The number of aromatic hydroxyl groups is 1. The van der Waals surface area contributed by atoms with Crippen LogP contribution in [0.2, 0.25) is 0 Å². The van der Waals surface area contributed by atoms with Crippen molar-refractivity contribution in [1.82, 2.24) is 15.2 Å². The predicted octanol–water partition coefficient (Wildman–Crippen LogP) is -5.74. The van der Waals surface area contributed by atoms with Gasteiger partial charge in [0, 0.05) is 0 Å². The van der Waals surface area contributed by atoms with E-state index in [1.807, 2.05) is 0 Å². The number of hydrogen-bond donors (Lipinski definition) is 3. The molecule has 0 radical (unpaired) electrons. The molecule has 202 valence electrons. The Morgan fingerprint density at radius 1 is 0.756 bits per heavy atom. The number of aromatic amines is 1. The average Bonchev–Trinajstić information content (AvgIpc) is 3.32. The fraction of sp³-hybridized carbons (Fsp3) is 0. The molecule has 1 aromatic heterocycles. The third kappa shape index (κ3) is 8.32. The number of nitrogens with one attached hydrogen (secondary N) is 2. The number of nitrogens with zero attached hydrogens (tertiary/aromatic N) is 2. The Morgan fingerprint density at radius 3 is 1.78 bits per heavy atom. The second kappa shape index (κ2) is 14.3. The molecule has 2 amide bonds. The van der Waals surface area contributed by atoms with Crippen LogP contribution < -0.4 is 119 Å². The van der Waals surface area contributed by atoms with Crippen molar-refractivity contribution in [2.24, 2.45) is 0 Å². The molecule has 1 aliphatic heterocycles. The van der Waals surface area contributed by atoms with E-state index in [1.54, 1.807) is 0 Å². The molecule has 2 aromatic carbocycles. The summed E-state index contributed by atoms with van der Waals surface area (Å²) in [7, 11) is -9.34. The van der Waals surface area contributed by atoms with Gasteiger partial charge in [0.1, 0.15) is 31.4 Å². The van der Waals surface area contributed by atoms with Crippen molar-refractivity contribution >= 4 is 43.8 Å². The van der Waals surface area contributed by atoms with E-state index >= 15 is 0 Å². The Balaban J connectivity index is 0.00000294. The quantitative estimate of drug-likeness (QED) is 0.0723. The molecular formula is C23H16K2N4O10S2. The standard InChI is InChI=1S/C23H18N4O10S2.2K/c28-20-18(22(30)26(24-20)14-6-10-16(11-7-14)38(32,33)34)4-2-1-3-5-19-21(29)25-27(23(19)31)15-8-12-17(13-9-15)39(35,36)37;;/h1-13,30H,(H,24,28)(H,25,29)(H,32,33,34)(H,35,36,37);;/q;2*+1/p-2/b3-1+,4-2+,19-5+;;. The van der Waals surface area contributed by atoms with Gasteiger partial charge in [-0.2, -0.15) is 0 Å². The van der Waals surface area contributed by atoms with Gasteiger partial charge < -0.3 is 14.2 Å². The minimum Gasteiger partial charge on any atom is -0.744 e. The Hall–Kier alpha value is -1.50. The van der Waals surface area contributed by atoms with Gasteiger partial charge in [-0.3, -0.25) is 24.9 Å². The summed E-state index contributed by atoms with van der Waals surface area (Å²) < 4.78 is 67.3. The van der Waals surface area contributed by atoms with E-state index in [0.717, 1.165) is 34.0 Å². The number of hydrogen-bond acceptors (Lipinski definition) is 10. The van der Waals surface area contributed by atoms with Gasteiger partial charge in [0.25, 0.3) is 17.4 Å². The number of H-pyrrole nitrogens is 1. The molecule has 3 aromatic rings. The maximum Gasteiger partial charge on any atom is 1.00 e. The van der Waals surface area contributed by atoms with Gasteiger partial charge in [-0.05, 0) is 60.7 Å². The zero-order chi connectivity index (χ0) is 28.5. The monoisotopic (exact) mass is 650 g/mol. The number of carbonyl (C=O) groups is 2. The Kier molecular flexibility index (Phi) is 12.5. The SMILES string of the molecule is O=C1NN(c2ccc(S(=O)(=O)[O-])cc2)C(=O)/C1=C/C=C/C=C/c1c(O)n(-c2ccc(S(=O)(=O)[O-])cc2)[nH]c1=O.[K+].[K+]. The van der Waals surface area contributed by atoms with Crippen molar-refractivity contribution in [3.05, 3.63) is 94.3 Å². The molecule has 0 atom stereocenters. The number of anilines is 1. The molecule has 0 bridgehead atoms. The molecule has 1 saturated heterocycles. The molecule has 0 unspecified atom stereocenters. The van der Waals surface area contributed by atoms with Crippen LogP contribution in [0.25, 0.3) is 11.8 Å². The van der Waals surface area contributed by atoms with E-state index in [2.05, 4.69) is 10.5 Å². The first kappa shape index (κ1) is 35.7. The largest absolute Gasteiger partial charge is 1.00 e. The molecule has 1 aliphatic rings. The minimum absolute atomic E-state index is 0. The first-order valence-corrected chi connectivity index (χ1v) is 13.5. The summed E-state index contributed by atoms with van der Waals surface area (Å²) in [5, 5.41) is 13.6. The van der Waals surface area contributed by atoms with Crippen LogP contribution in [0.5, 0.6) is 5.88 Å². The van der Waals surface area contributed by atoms with Crippen molar-refractivity contribution in [2.75, 3.05) is 5.01 Å². The van der Waals surface area contributed by atoms with Gasteiger partial charge in [-0.15, -0.1) is 0 Å². The Labute approximate surface area is 318 Å². The summed E-state index contributed by atoms with van der Waals surface area (Å²) in [4.78, 5) is 36.1. The van der Waals surface area contributed by atoms with E-state index in [1.165, 1.54) is 54.6 Å². The van der Waals surface area contributed by atoms with Crippen LogP contribution in [0.3, 0.4) is 0 Å². The van der Waals surface area contributed by atoms with Crippen LogP contribution in [0.4, 0.5) is 5.69 Å². The van der Waals surface area contributed by atoms with Crippen LogP contribution in [0, 0.1) is 0 Å². The topological polar surface area (TPSA) is 222 Å². The summed E-state index contributed by atoms with van der Waals surface area (Å²) in [6.07, 6.45) is 6.47. The van der Waals surface area contributed by atoms with Crippen LogP contribution in [0.15, 0.2) is 93.0 Å². The van der Waals surface area contributed by atoms with Crippen molar-refractivity contribution < 1.29 is 143 Å². The molecular weight excluding hydrogens is 635 g/mol. The maximum atomic E-state index is 12.6. The maximum absolute atomic E-state index is 12.6. The van der Waals surface area contributed by atoms with Crippen molar-refractivity contribution in [3.8, 4) is 11.6 Å². The zero-order valence-electron chi connectivity index (χ0n) is 21.3. The summed E-state index contributed by atoms with van der Waals surface area (Å²) in [6.45, 7) is 0. The van der Waals surface area contributed by atoms with Gasteiger partial charge in [0.05, 0.1) is 21.2 Å². The van der Waals surface area contributed by atoms with Crippen LogP contribution >= 0.6 is 0 Å². The number of benzene rings is 2. The smallest absolute Gasteiger partial charge is 0.744 e. The summed E-state index contributed by atoms with van der Waals surface area (Å²) in [5.74, 6) is -1.98. The van der Waals surface area contributed by atoms with E-state index in [9.17, 15) is 45.4 Å². The molecule has 18 heteroatoms. The molecule has 0 saturated carbocycles. The second-order valence-electron chi connectivity index (χ2n) is 7.82. The van der Waals surface area contributed by atoms with Crippen molar-refractivity contribution in [3.63, 3.8) is 0 Å². The Morgan fingerprint density at radius 2 is 1.27 bits per heavy atom. The van der Waals surface area contributed by atoms with Gasteiger partial charge in [-0.1, -0.05) is 18.2 Å². The van der Waals surface area contributed by atoms with E-state index in [-0.39, 0.29) is 125 Å². The van der Waals surface area contributed by atoms with Gasteiger partial charge in [-0.25, -0.2) is 26.5 Å². The average molecular weight is 651 g/mol. The molecule has 41 heavy (non-hydrogen) atoms. The van der Waals surface area contributed by atoms with E-state index in [0.29, 0.717) is 0 Å². The number of allylic oxidation sites excluding steroid dienone is 4.